The van der Waals surface area contributed by atoms with E-state index in [1.54, 1.807) is 42.1 Å². The van der Waals surface area contributed by atoms with Gasteiger partial charge in [-0.05, 0) is 27.2 Å². The smallest absolute Gasteiger partial charge is 0.379 e. The minimum Gasteiger partial charge on any atom is -0.379 e. The number of ether oxygens (including phenoxy) is 5. The summed E-state index contributed by atoms with van der Waals surface area (Å²) in [4.78, 5) is 0. The molecule has 4 atom stereocenters. The van der Waals surface area contributed by atoms with Gasteiger partial charge in [0, 0.05) is 34.0 Å². The Morgan fingerprint density at radius 3 is 1.75 bits per heavy atom. The van der Waals surface area contributed by atoms with Crippen LogP contribution in [0.25, 0.3) is 0 Å². The average molecular weight is 368 g/mol. The number of rotatable bonds is 15. The van der Waals surface area contributed by atoms with E-state index in [1.807, 2.05) is 0 Å². The molecule has 9 heteroatoms. The van der Waals surface area contributed by atoms with Gasteiger partial charge in [-0.2, -0.15) is 0 Å². The van der Waals surface area contributed by atoms with Gasteiger partial charge in [0.2, 0.25) is 0 Å². The fourth-order valence-electron chi connectivity index (χ4n) is 1.93. The Morgan fingerprint density at radius 2 is 1.38 bits per heavy atom. The van der Waals surface area contributed by atoms with E-state index >= 15 is 0 Å². The monoisotopic (exact) mass is 368 g/mol. The van der Waals surface area contributed by atoms with Crippen molar-refractivity contribution in [3.05, 3.63) is 0 Å². The van der Waals surface area contributed by atoms with E-state index in [2.05, 4.69) is 0 Å². The van der Waals surface area contributed by atoms with Crippen LogP contribution in [-0.2, 0) is 37.0 Å². The molecule has 0 bridgehead atoms. The Morgan fingerprint density at radius 1 is 0.917 bits per heavy atom. The zero-order chi connectivity index (χ0) is 18.0. The van der Waals surface area contributed by atoms with Crippen LogP contribution in [0.5, 0.6) is 0 Å². The van der Waals surface area contributed by atoms with Crippen molar-refractivity contribution in [2.24, 2.45) is 0 Å². The predicted octanol–water partition coefficient (Wildman–Crippen LogP) is 1.76. The Bertz CT molecular complexity index is 297. The van der Waals surface area contributed by atoms with Crippen LogP contribution in [0, 0.1) is 0 Å². The lowest BCUT2D eigenvalue weighted by atomic mass is 10.5. The molecule has 4 unspecified atom stereocenters. The molecule has 0 spiro atoms. The SMILES string of the molecule is COC(C)O[Si](CCCOCC1CO1)(OC(C)OC)OC(C)OC. The summed E-state index contributed by atoms with van der Waals surface area (Å²) in [5.41, 5.74) is 0. The molecule has 1 saturated heterocycles. The molecule has 0 radical (unpaired) electrons. The van der Waals surface area contributed by atoms with Crippen LogP contribution in [0.4, 0.5) is 0 Å². The minimum absolute atomic E-state index is 0.256. The van der Waals surface area contributed by atoms with Gasteiger partial charge in [0.05, 0.1) is 13.2 Å². The van der Waals surface area contributed by atoms with E-state index in [4.69, 9.17) is 37.0 Å². The topological polar surface area (TPSA) is 77.1 Å². The van der Waals surface area contributed by atoms with E-state index in [-0.39, 0.29) is 6.10 Å². The summed E-state index contributed by atoms with van der Waals surface area (Å²) in [6.07, 6.45) is -0.421. The van der Waals surface area contributed by atoms with Crippen LogP contribution >= 0.6 is 0 Å². The molecule has 8 nitrogen and oxygen atoms in total. The van der Waals surface area contributed by atoms with Gasteiger partial charge in [-0.25, -0.2) is 0 Å². The van der Waals surface area contributed by atoms with Gasteiger partial charge in [0.15, 0.2) is 0 Å². The number of hydrogen-bond donors (Lipinski definition) is 0. The third-order valence-electron chi connectivity index (χ3n) is 3.51. The number of epoxide rings is 1. The van der Waals surface area contributed by atoms with E-state index in [1.165, 1.54) is 0 Å². The highest BCUT2D eigenvalue weighted by molar-refractivity contribution is 6.60. The summed E-state index contributed by atoms with van der Waals surface area (Å²) < 4.78 is 44.4. The molecule has 0 amide bonds. The second kappa shape index (κ2) is 11.5. The highest BCUT2D eigenvalue weighted by atomic mass is 28.4. The molecule has 0 saturated carbocycles. The third-order valence-corrected chi connectivity index (χ3v) is 6.55. The first-order chi connectivity index (χ1) is 11.4. The van der Waals surface area contributed by atoms with Gasteiger partial charge in [0.25, 0.3) is 0 Å². The lowest BCUT2D eigenvalue weighted by molar-refractivity contribution is -0.163. The van der Waals surface area contributed by atoms with Gasteiger partial charge in [-0.3, -0.25) is 0 Å². The van der Waals surface area contributed by atoms with Crippen molar-refractivity contribution in [2.45, 2.75) is 58.2 Å². The van der Waals surface area contributed by atoms with Gasteiger partial charge < -0.3 is 37.0 Å². The zero-order valence-corrected chi connectivity index (χ0v) is 16.6. The zero-order valence-electron chi connectivity index (χ0n) is 15.6. The van der Waals surface area contributed by atoms with Crippen LogP contribution in [-0.4, -0.2) is 74.9 Å². The summed E-state index contributed by atoms with van der Waals surface area (Å²) in [6, 6.07) is 0.563. The standard InChI is InChI=1S/C15H32O8Si/c1-12(16-4)21-24(22-13(2)17-5,23-14(3)18-6)9-7-8-19-10-15-11-20-15/h12-15H,7-11H2,1-6H3. The maximum Gasteiger partial charge on any atom is 0.506 e. The van der Waals surface area contributed by atoms with Crippen molar-refractivity contribution >= 4 is 8.80 Å². The van der Waals surface area contributed by atoms with Gasteiger partial charge in [-0.1, -0.05) is 0 Å². The molecular formula is C15H32O8Si. The summed E-state index contributed by atoms with van der Waals surface area (Å²) in [5, 5.41) is 0. The first-order valence-corrected chi connectivity index (χ1v) is 10.2. The maximum atomic E-state index is 6.00. The normalized spacial score (nSPS) is 23.5. The molecular weight excluding hydrogens is 336 g/mol. The summed E-state index contributed by atoms with van der Waals surface area (Å²) in [7, 11) is 1.62. The van der Waals surface area contributed by atoms with Crippen molar-refractivity contribution in [2.75, 3.05) is 41.2 Å². The van der Waals surface area contributed by atoms with Gasteiger partial charge in [0.1, 0.15) is 25.0 Å². The fourth-order valence-corrected chi connectivity index (χ4v) is 4.84. The second-order valence-corrected chi connectivity index (χ2v) is 8.15. The average Bonchev–Trinajstić information content (AvgIpc) is 3.38. The maximum absolute atomic E-state index is 6.00. The van der Waals surface area contributed by atoms with Crippen molar-refractivity contribution < 1.29 is 37.0 Å². The molecule has 1 heterocycles. The molecule has 0 aromatic heterocycles. The predicted molar refractivity (Wildman–Crippen MR) is 88.4 cm³/mol. The third kappa shape index (κ3) is 8.84. The minimum atomic E-state index is -3.10. The molecule has 144 valence electrons. The lowest BCUT2D eigenvalue weighted by Crippen LogP contribution is -2.52. The van der Waals surface area contributed by atoms with Crippen molar-refractivity contribution in [3.63, 3.8) is 0 Å². The van der Waals surface area contributed by atoms with Crippen molar-refractivity contribution in [3.8, 4) is 0 Å². The Hall–Kier alpha value is -0.103. The molecule has 1 rings (SSSR count). The van der Waals surface area contributed by atoms with E-state index in [0.717, 1.165) is 13.0 Å². The van der Waals surface area contributed by atoms with Gasteiger partial charge in [-0.15, -0.1) is 0 Å². The van der Waals surface area contributed by atoms with Crippen LogP contribution in [0.2, 0.25) is 6.04 Å². The van der Waals surface area contributed by atoms with E-state index in [0.29, 0.717) is 19.3 Å². The molecule has 24 heavy (non-hydrogen) atoms. The summed E-state index contributed by atoms with van der Waals surface area (Å²) in [5.74, 6) is 0. The largest absolute Gasteiger partial charge is 0.506 e. The summed E-state index contributed by atoms with van der Waals surface area (Å²) >= 11 is 0. The Labute approximate surface area is 146 Å². The van der Waals surface area contributed by atoms with Crippen LogP contribution in [0.1, 0.15) is 27.2 Å². The highest BCUT2D eigenvalue weighted by Gasteiger charge is 2.46. The summed E-state index contributed by atoms with van der Waals surface area (Å²) in [6.45, 7) is 7.37. The molecule has 0 aliphatic carbocycles. The fraction of sp³-hybridized carbons (Fsp3) is 1.00. The molecule has 0 aromatic rings. The van der Waals surface area contributed by atoms with Crippen LogP contribution in [0.3, 0.4) is 0 Å². The lowest BCUT2D eigenvalue weighted by Gasteiger charge is -2.35. The molecule has 0 N–H and O–H groups in total. The number of hydrogen-bond acceptors (Lipinski definition) is 8. The van der Waals surface area contributed by atoms with Crippen LogP contribution in [0.15, 0.2) is 0 Å². The second-order valence-electron chi connectivity index (χ2n) is 5.58. The van der Waals surface area contributed by atoms with Crippen molar-refractivity contribution in [1.82, 2.24) is 0 Å². The molecule has 1 fully saturated rings. The van der Waals surface area contributed by atoms with Gasteiger partial charge >= 0.3 is 8.80 Å². The van der Waals surface area contributed by atoms with E-state index in [9.17, 15) is 0 Å². The Balaban J connectivity index is 2.64. The first-order valence-electron chi connectivity index (χ1n) is 8.26. The highest BCUT2D eigenvalue weighted by Crippen LogP contribution is 2.24. The van der Waals surface area contributed by atoms with Crippen LogP contribution < -0.4 is 0 Å². The van der Waals surface area contributed by atoms with Crippen molar-refractivity contribution in [1.29, 1.82) is 0 Å². The Kier molecular flexibility index (Phi) is 10.5. The first kappa shape index (κ1) is 21.9. The quantitative estimate of drug-likeness (QED) is 0.187. The molecule has 1 aliphatic heterocycles. The molecule has 0 aromatic carbocycles. The number of methoxy groups -OCH3 is 3. The van der Waals surface area contributed by atoms with E-state index < -0.39 is 27.7 Å². The molecule has 1 aliphatic rings.